The molecule has 0 fully saturated rings. The summed E-state index contributed by atoms with van der Waals surface area (Å²) >= 11 is 0. The van der Waals surface area contributed by atoms with E-state index >= 15 is 0 Å². The van der Waals surface area contributed by atoms with Crippen LogP contribution in [0.2, 0.25) is 0 Å². The van der Waals surface area contributed by atoms with Crippen LogP contribution in [0.25, 0.3) is 10.8 Å². The molecule has 0 unspecified atom stereocenters. The summed E-state index contributed by atoms with van der Waals surface area (Å²) in [5.74, 6) is 0.307. The maximum absolute atomic E-state index is 11.4. The van der Waals surface area contributed by atoms with E-state index in [1.54, 1.807) is 42.7 Å². The molecule has 1 heterocycles. The number of anilines is 1. The first kappa shape index (κ1) is 12.9. The Kier molecular flexibility index (Phi) is 3.16. The second-order valence-electron chi connectivity index (χ2n) is 4.54. The van der Waals surface area contributed by atoms with Gasteiger partial charge < -0.3 is 16.2 Å². The van der Waals surface area contributed by atoms with Gasteiger partial charge in [0.2, 0.25) is 0 Å². The van der Waals surface area contributed by atoms with E-state index in [1.165, 1.54) is 0 Å². The van der Waals surface area contributed by atoms with Gasteiger partial charge in [-0.05, 0) is 30.3 Å². The van der Waals surface area contributed by atoms with Gasteiger partial charge in [-0.1, -0.05) is 12.1 Å². The second-order valence-corrected chi connectivity index (χ2v) is 4.54. The maximum Gasteiger partial charge on any atom is 0.252 e. The molecule has 3 rings (SSSR count). The van der Waals surface area contributed by atoms with Gasteiger partial charge >= 0.3 is 0 Å². The van der Waals surface area contributed by atoms with E-state index in [9.17, 15) is 4.79 Å². The number of ether oxygens (including phenoxy) is 1. The van der Waals surface area contributed by atoms with E-state index in [4.69, 9.17) is 16.2 Å². The summed E-state index contributed by atoms with van der Waals surface area (Å²) in [5.41, 5.74) is 12.3. The Morgan fingerprint density at radius 1 is 1.05 bits per heavy atom. The monoisotopic (exact) mass is 279 g/mol. The fourth-order valence-corrected chi connectivity index (χ4v) is 2.14. The Bertz CT molecular complexity index is 831. The number of amides is 1. The van der Waals surface area contributed by atoms with Gasteiger partial charge in [0.1, 0.15) is 5.75 Å². The highest BCUT2D eigenvalue weighted by atomic mass is 16.5. The molecule has 4 N–H and O–H groups in total. The molecule has 0 bridgehead atoms. The molecule has 1 amide bonds. The number of nitrogens with zero attached hydrogens (tertiary/aromatic N) is 1. The number of hydrogen-bond donors (Lipinski definition) is 2. The number of fused-ring (bicyclic) bond motifs is 1. The lowest BCUT2D eigenvalue weighted by molar-refractivity contribution is 0.0998. The average molecular weight is 279 g/mol. The van der Waals surface area contributed by atoms with Crippen LogP contribution in [0.1, 0.15) is 10.4 Å². The topological polar surface area (TPSA) is 91.2 Å². The van der Waals surface area contributed by atoms with Crippen LogP contribution in [0.4, 0.5) is 5.69 Å². The van der Waals surface area contributed by atoms with E-state index in [1.807, 2.05) is 12.1 Å². The highest BCUT2D eigenvalue weighted by Gasteiger charge is 2.12. The molecular formula is C16H13N3O2. The van der Waals surface area contributed by atoms with Crippen LogP contribution in [-0.2, 0) is 0 Å². The van der Waals surface area contributed by atoms with Crippen molar-refractivity contribution in [3.8, 4) is 11.5 Å². The Morgan fingerprint density at radius 2 is 1.86 bits per heavy atom. The first-order valence-corrected chi connectivity index (χ1v) is 6.35. The summed E-state index contributed by atoms with van der Waals surface area (Å²) in [6.45, 7) is 0. The second kappa shape index (κ2) is 5.13. The Hall–Kier alpha value is -3.08. The van der Waals surface area contributed by atoms with Crippen LogP contribution in [0.15, 0.2) is 54.9 Å². The summed E-state index contributed by atoms with van der Waals surface area (Å²) in [4.78, 5) is 15.5. The molecule has 0 aliphatic heterocycles. The number of benzene rings is 2. The van der Waals surface area contributed by atoms with Crippen molar-refractivity contribution in [2.75, 3.05) is 5.73 Å². The molecule has 3 aromatic rings. The van der Waals surface area contributed by atoms with Crippen LogP contribution in [0.5, 0.6) is 11.5 Å². The van der Waals surface area contributed by atoms with Crippen molar-refractivity contribution in [1.29, 1.82) is 0 Å². The van der Waals surface area contributed by atoms with Crippen molar-refractivity contribution in [1.82, 2.24) is 4.98 Å². The molecule has 2 aromatic carbocycles. The number of para-hydroxylation sites is 1. The van der Waals surface area contributed by atoms with Crippen LogP contribution in [0, 0.1) is 0 Å². The normalized spacial score (nSPS) is 10.5. The van der Waals surface area contributed by atoms with Gasteiger partial charge in [0, 0.05) is 23.2 Å². The SMILES string of the molecule is NC(=O)c1ccccc1Oc1ccc2cnccc2c1N. The molecule has 21 heavy (non-hydrogen) atoms. The van der Waals surface area contributed by atoms with Crippen molar-refractivity contribution in [3.63, 3.8) is 0 Å². The van der Waals surface area contributed by atoms with Gasteiger partial charge in [-0.25, -0.2) is 0 Å². The number of pyridine rings is 1. The molecule has 5 heteroatoms. The van der Waals surface area contributed by atoms with Crippen LogP contribution < -0.4 is 16.2 Å². The van der Waals surface area contributed by atoms with Gasteiger partial charge in [0.15, 0.2) is 5.75 Å². The average Bonchev–Trinajstić information content (AvgIpc) is 2.51. The summed E-state index contributed by atoms with van der Waals surface area (Å²) in [7, 11) is 0. The number of carbonyl (C=O) groups excluding carboxylic acids is 1. The molecule has 0 aliphatic carbocycles. The van der Waals surface area contributed by atoms with Crippen molar-refractivity contribution >= 4 is 22.4 Å². The van der Waals surface area contributed by atoms with E-state index in [0.29, 0.717) is 22.7 Å². The van der Waals surface area contributed by atoms with Crippen LogP contribution >= 0.6 is 0 Å². The summed E-state index contributed by atoms with van der Waals surface area (Å²) < 4.78 is 5.76. The smallest absolute Gasteiger partial charge is 0.252 e. The van der Waals surface area contributed by atoms with Gasteiger partial charge in [-0.15, -0.1) is 0 Å². The highest BCUT2D eigenvalue weighted by Crippen LogP contribution is 2.34. The lowest BCUT2D eigenvalue weighted by Crippen LogP contribution is -2.12. The van der Waals surface area contributed by atoms with E-state index in [0.717, 1.165) is 10.8 Å². The molecule has 0 aliphatic rings. The quantitative estimate of drug-likeness (QED) is 0.721. The number of aromatic nitrogens is 1. The lowest BCUT2D eigenvalue weighted by Gasteiger charge is -2.12. The van der Waals surface area contributed by atoms with Crippen molar-refractivity contribution < 1.29 is 9.53 Å². The zero-order valence-electron chi connectivity index (χ0n) is 11.1. The number of nitrogens with two attached hydrogens (primary N) is 2. The van der Waals surface area contributed by atoms with Crippen LogP contribution in [-0.4, -0.2) is 10.9 Å². The fourth-order valence-electron chi connectivity index (χ4n) is 2.14. The third kappa shape index (κ3) is 2.36. The first-order chi connectivity index (χ1) is 10.2. The van der Waals surface area contributed by atoms with Gasteiger partial charge in [-0.3, -0.25) is 9.78 Å². The molecular weight excluding hydrogens is 266 g/mol. The number of nitrogen functional groups attached to an aromatic ring is 1. The maximum atomic E-state index is 11.4. The number of primary amides is 1. The summed E-state index contributed by atoms with van der Waals surface area (Å²) in [5, 5.41) is 1.77. The molecule has 0 saturated heterocycles. The predicted molar refractivity (Wildman–Crippen MR) is 81.2 cm³/mol. The molecule has 0 spiro atoms. The molecule has 0 atom stereocenters. The minimum absolute atomic E-state index is 0.312. The largest absolute Gasteiger partial charge is 0.454 e. The van der Waals surface area contributed by atoms with E-state index < -0.39 is 5.91 Å². The Balaban J connectivity index is 2.07. The molecule has 5 nitrogen and oxygen atoms in total. The van der Waals surface area contributed by atoms with Gasteiger partial charge in [0.25, 0.3) is 5.91 Å². The Morgan fingerprint density at radius 3 is 2.67 bits per heavy atom. The summed E-state index contributed by atoms with van der Waals surface area (Å²) in [6, 6.07) is 12.2. The number of carbonyl (C=O) groups is 1. The minimum Gasteiger partial charge on any atom is -0.454 e. The zero-order chi connectivity index (χ0) is 14.8. The van der Waals surface area contributed by atoms with Crippen molar-refractivity contribution in [2.24, 2.45) is 5.73 Å². The number of hydrogen-bond acceptors (Lipinski definition) is 4. The fraction of sp³-hybridized carbons (Fsp3) is 0. The third-order valence-electron chi connectivity index (χ3n) is 3.19. The molecule has 104 valence electrons. The van der Waals surface area contributed by atoms with Gasteiger partial charge in [-0.2, -0.15) is 0 Å². The predicted octanol–water partition coefficient (Wildman–Crippen LogP) is 2.71. The first-order valence-electron chi connectivity index (χ1n) is 6.35. The highest BCUT2D eigenvalue weighted by molar-refractivity contribution is 5.97. The zero-order valence-corrected chi connectivity index (χ0v) is 11.1. The minimum atomic E-state index is -0.547. The van der Waals surface area contributed by atoms with Crippen molar-refractivity contribution in [3.05, 3.63) is 60.4 Å². The molecule has 0 radical (unpaired) electrons. The Labute approximate surface area is 121 Å². The standard InChI is InChI=1S/C16H13N3O2/c17-15-11-7-8-19-9-10(11)5-6-14(15)21-13-4-2-1-3-12(13)16(18)20/h1-9H,17H2,(H2,18,20). The van der Waals surface area contributed by atoms with E-state index in [2.05, 4.69) is 4.98 Å². The van der Waals surface area contributed by atoms with Crippen molar-refractivity contribution in [2.45, 2.75) is 0 Å². The lowest BCUT2D eigenvalue weighted by atomic mass is 10.1. The number of rotatable bonds is 3. The molecule has 1 aromatic heterocycles. The van der Waals surface area contributed by atoms with E-state index in [-0.39, 0.29) is 0 Å². The summed E-state index contributed by atoms with van der Waals surface area (Å²) in [6.07, 6.45) is 3.40. The third-order valence-corrected chi connectivity index (χ3v) is 3.19. The van der Waals surface area contributed by atoms with Crippen LogP contribution in [0.3, 0.4) is 0 Å². The molecule has 0 saturated carbocycles. The van der Waals surface area contributed by atoms with Gasteiger partial charge in [0.05, 0.1) is 11.3 Å².